The second-order valence-corrected chi connectivity index (χ2v) is 5.75. The zero-order valence-electron chi connectivity index (χ0n) is 12.4. The lowest BCUT2D eigenvalue weighted by Crippen LogP contribution is -2.48. The number of hydrogen-bond donors (Lipinski definition) is 2. The molecule has 0 aromatic carbocycles. The third-order valence-corrected chi connectivity index (χ3v) is 3.70. The molecule has 0 heterocycles. The molecule has 19 heavy (non-hydrogen) atoms. The Kier molecular flexibility index (Phi) is 6.84. The van der Waals surface area contributed by atoms with Gasteiger partial charge in [0, 0.05) is 12.6 Å². The van der Waals surface area contributed by atoms with Gasteiger partial charge in [-0.3, -0.25) is 9.59 Å². The van der Waals surface area contributed by atoms with Crippen LogP contribution in [0.4, 0.5) is 0 Å². The van der Waals surface area contributed by atoms with E-state index in [1.54, 1.807) is 0 Å². The lowest BCUT2D eigenvalue weighted by molar-refractivity contribution is -0.140. The molecule has 0 unspecified atom stereocenters. The molecule has 1 saturated carbocycles. The van der Waals surface area contributed by atoms with E-state index in [9.17, 15) is 9.59 Å². The van der Waals surface area contributed by atoms with Crippen molar-refractivity contribution in [1.82, 2.24) is 15.5 Å². The van der Waals surface area contributed by atoms with Crippen LogP contribution in [0.1, 0.15) is 39.0 Å². The highest BCUT2D eigenvalue weighted by Crippen LogP contribution is 2.23. The predicted octanol–water partition coefficient (Wildman–Crippen LogP) is 0.749. The smallest absolute Gasteiger partial charge is 0.309 e. The van der Waals surface area contributed by atoms with E-state index in [1.165, 1.54) is 6.42 Å². The molecule has 0 radical (unpaired) electrons. The maximum absolute atomic E-state index is 11.8. The van der Waals surface area contributed by atoms with Crippen LogP contribution in [0, 0.1) is 5.92 Å². The summed E-state index contributed by atoms with van der Waals surface area (Å²) >= 11 is 0. The van der Waals surface area contributed by atoms with Gasteiger partial charge in [0.15, 0.2) is 0 Å². The van der Waals surface area contributed by atoms with E-state index >= 15 is 0 Å². The van der Waals surface area contributed by atoms with Gasteiger partial charge in [-0.2, -0.15) is 0 Å². The summed E-state index contributed by atoms with van der Waals surface area (Å²) in [5.41, 5.74) is 0. The zero-order valence-corrected chi connectivity index (χ0v) is 12.4. The molecule has 0 aliphatic heterocycles. The summed E-state index contributed by atoms with van der Waals surface area (Å²) in [7, 11) is 3.97. The Labute approximate surface area is 116 Å². The van der Waals surface area contributed by atoms with Gasteiger partial charge in [0.05, 0.1) is 0 Å². The molecule has 0 saturated heterocycles. The fourth-order valence-electron chi connectivity index (χ4n) is 2.44. The second kappa shape index (κ2) is 8.15. The summed E-state index contributed by atoms with van der Waals surface area (Å²) < 4.78 is 0. The van der Waals surface area contributed by atoms with Gasteiger partial charge in [0.2, 0.25) is 0 Å². The van der Waals surface area contributed by atoms with E-state index in [2.05, 4.69) is 22.5 Å². The first-order chi connectivity index (χ1) is 9.00. The number of amides is 2. The van der Waals surface area contributed by atoms with Gasteiger partial charge < -0.3 is 15.5 Å². The Morgan fingerprint density at radius 2 is 1.84 bits per heavy atom. The maximum Gasteiger partial charge on any atom is 0.309 e. The number of nitrogens with zero attached hydrogens (tertiary/aromatic N) is 1. The molecule has 5 nitrogen and oxygen atoms in total. The van der Waals surface area contributed by atoms with E-state index in [0.717, 1.165) is 32.2 Å². The molecule has 0 spiro atoms. The number of nitrogens with one attached hydrogen (secondary N) is 2. The molecule has 5 heteroatoms. The van der Waals surface area contributed by atoms with Crippen molar-refractivity contribution in [3.8, 4) is 0 Å². The predicted molar refractivity (Wildman–Crippen MR) is 75.7 cm³/mol. The first-order valence-corrected chi connectivity index (χ1v) is 7.24. The molecule has 0 aromatic rings. The van der Waals surface area contributed by atoms with Crippen LogP contribution >= 0.6 is 0 Å². The monoisotopic (exact) mass is 269 g/mol. The maximum atomic E-state index is 11.8. The Balaban J connectivity index is 2.22. The van der Waals surface area contributed by atoms with Crippen molar-refractivity contribution in [3.63, 3.8) is 0 Å². The summed E-state index contributed by atoms with van der Waals surface area (Å²) in [6, 6.07) is 0.161. The Bertz CT molecular complexity index is 305. The second-order valence-electron chi connectivity index (χ2n) is 5.75. The van der Waals surface area contributed by atoms with Gasteiger partial charge in [-0.1, -0.05) is 19.8 Å². The minimum absolute atomic E-state index is 0.161. The molecule has 0 bridgehead atoms. The van der Waals surface area contributed by atoms with E-state index < -0.39 is 11.8 Å². The number of rotatable bonds is 5. The Morgan fingerprint density at radius 3 is 2.47 bits per heavy atom. The largest absolute Gasteiger partial charge is 0.348 e. The van der Waals surface area contributed by atoms with Gasteiger partial charge in [-0.05, 0) is 45.8 Å². The summed E-state index contributed by atoms with van der Waals surface area (Å²) in [6.45, 7) is 3.59. The Hall–Kier alpha value is -1.10. The lowest BCUT2D eigenvalue weighted by Gasteiger charge is -2.29. The fraction of sp³-hybridized carbons (Fsp3) is 0.857. The Morgan fingerprint density at radius 1 is 1.16 bits per heavy atom. The average Bonchev–Trinajstić information content (AvgIpc) is 2.36. The van der Waals surface area contributed by atoms with Gasteiger partial charge in [0.25, 0.3) is 0 Å². The van der Waals surface area contributed by atoms with E-state index in [4.69, 9.17) is 0 Å². The molecule has 2 amide bonds. The van der Waals surface area contributed by atoms with Crippen LogP contribution in [0.3, 0.4) is 0 Å². The number of carbonyl (C=O) groups is 2. The SMILES string of the molecule is C[C@H]1CCCC[C@@H]1NC(=O)C(=O)NCCCN(C)C. The molecule has 1 aliphatic carbocycles. The first kappa shape index (κ1) is 16.0. The minimum atomic E-state index is -0.503. The van der Waals surface area contributed by atoms with Gasteiger partial charge in [-0.15, -0.1) is 0 Å². The van der Waals surface area contributed by atoms with Crippen LogP contribution in [-0.4, -0.2) is 49.9 Å². The molecule has 110 valence electrons. The highest BCUT2D eigenvalue weighted by molar-refractivity contribution is 6.35. The molecule has 1 aliphatic rings. The molecular weight excluding hydrogens is 242 g/mol. The molecule has 1 rings (SSSR count). The van der Waals surface area contributed by atoms with Crippen molar-refractivity contribution in [2.75, 3.05) is 27.2 Å². The van der Waals surface area contributed by atoms with Crippen LogP contribution in [0.15, 0.2) is 0 Å². The zero-order chi connectivity index (χ0) is 14.3. The average molecular weight is 269 g/mol. The number of carbonyl (C=O) groups excluding carboxylic acids is 2. The van der Waals surface area contributed by atoms with E-state index in [-0.39, 0.29) is 6.04 Å². The lowest BCUT2D eigenvalue weighted by atomic mass is 9.86. The minimum Gasteiger partial charge on any atom is -0.348 e. The molecule has 0 aromatic heterocycles. The quantitative estimate of drug-likeness (QED) is 0.572. The third-order valence-electron chi connectivity index (χ3n) is 3.70. The normalized spacial score (nSPS) is 23.2. The standard InChI is InChI=1S/C14H27N3O2/c1-11-7-4-5-8-12(11)16-14(19)13(18)15-9-6-10-17(2)3/h11-12H,4-10H2,1-3H3,(H,15,18)(H,16,19)/t11-,12-/m0/s1. The molecule has 2 atom stereocenters. The van der Waals surface area contributed by atoms with Crippen molar-refractivity contribution in [1.29, 1.82) is 0 Å². The summed E-state index contributed by atoms with van der Waals surface area (Å²) in [4.78, 5) is 25.4. The van der Waals surface area contributed by atoms with Crippen molar-refractivity contribution in [3.05, 3.63) is 0 Å². The van der Waals surface area contributed by atoms with Gasteiger partial charge in [-0.25, -0.2) is 0 Å². The van der Waals surface area contributed by atoms with Crippen LogP contribution in [0.25, 0.3) is 0 Å². The van der Waals surface area contributed by atoms with Crippen molar-refractivity contribution in [2.45, 2.75) is 45.1 Å². The van der Waals surface area contributed by atoms with Crippen molar-refractivity contribution < 1.29 is 9.59 Å². The number of hydrogen-bond acceptors (Lipinski definition) is 3. The first-order valence-electron chi connectivity index (χ1n) is 7.24. The van der Waals surface area contributed by atoms with Crippen LogP contribution in [0.2, 0.25) is 0 Å². The van der Waals surface area contributed by atoms with Crippen LogP contribution < -0.4 is 10.6 Å². The van der Waals surface area contributed by atoms with E-state index in [0.29, 0.717) is 12.5 Å². The fourth-order valence-corrected chi connectivity index (χ4v) is 2.44. The van der Waals surface area contributed by atoms with Crippen LogP contribution in [-0.2, 0) is 9.59 Å². The molecule has 2 N–H and O–H groups in total. The summed E-state index contributed by atoms with van der Waals surface area (Å²) in [6.07, 6.45) is 5.34. The summed E-state index contributed by atoms with van der Waals surface area (Å²) in [5, 5.41) is 5.52. The molecular formula is C14H27N3O2. The van der Waals surface area contributed by atoms with Gasteiger partial charge in [0.1, 0.15) is 0 Å². The van der Waals surface area contributed by atoms with Gasteiger partial charge >= 0.3 is 11.8 Å². The third kappa shape index (κ3) is 6.05. The molecule has 1 fully saturated rings. The van der Waals surface area contributed by atoms with Crippen molar-refractivity contribution in [2.24, 2.45) is 5.92 Å². The topological polar surface area (TPSA) is 61.4 Å². The highest BCUT2D eigenvalue weighted by atomic mass is 16.2. The summed E-state index contributed by atoms with van der Waals surface area (Å²) in [5.74, 6) is -0.514. The van der Waals surface area contributed by atoms with Crippen molar-refractivity contribution >= 4 is 11.8 Å². The van der Waals surface area contributed by atoms with Crippen LogP contribution in [0.5, 0.6) is 0 Å². The van der Waals surface area contributed by atoms with E-state index in [1.807, 2.05) is 14.1 Å². The highest BCUT2D eigenvalue weighted by Gasteiger charge is 2.25.